The topological polar surface area (TPSA) is 48.9 Å². The van der Waals surface area contributed by atoms with Gasteiger partial charge >= 0.3 is 6.61 Å². The molecule has 1 aliphatic rings. The molecule has 9 heteroatoms. The first-order chi connectivity index (χ1) is 13.0. The van der Waals surface area contributed by atoms with Crippen LogP contribution in [0.25, 0.3) is 0 Å². The second-order valence-corrected chi connectivity index (χ2v) is 6.30. The zero-order valence-electron chi connectivity index (χ0n) is 16.0. The predicted octanol–water partition coefficient (Wildman–Crippen LogP) is 3.75. The van der Waals surface area contributed by atoms with Gasteiger partial charge in [-0.05, 0) is 31.9 Å². The van der Waals surface area contributed by atoms with E-state index in [9.17, 15) is 13.2 Å². The van der Waals surface area contributed by atoms with E-state index < -0.39 is 12.4 Å². The van der Waals surface area contributed by atoms with Crippen LogP contribution in [-0.4, -0.2) is 49.7 Å². The standard InChI is InChI=1S/C19H27F3N4O.HI/c1-3-10-26-11-8-14(9-12-26)25-19(23-4-2)24-13-15-16(20)6-5-7-17(15)27-18(21)22;/h3,5-7,14,18H,1,4,8-13H2,2H3,(H2,23,24,25);1H. The van der Waals surface area contributed by atoms with Crippen molar-refractivity contribution in [1.82, 2.24) is 15.5 Å². The summed E-state index contributed by atoms with van der Waals surface area (Å²) in [5.74, 6) is -0.279. The van der Waals surface area contributed by atoms with Crippen LogP contribution in [0.2, 0.25) is 0 Å². The number of halogens is 4. The number of nitrogens with zero attached hydrogens (tertiary/aromatic N) is 2. The zero-order valence-corrected chi connectivity index (χ0v) is 18.3. The van der Waals surface area contributed by atoms with Crippen molar-refractivity contribution in [1.29, 1.82) is 0 Å². The molecule has 1 fully saturated rings. The zero-order chi connectivity index (χ0) is 19.6. The van der Waals surface area contributed by atoms with Crippen LogP contribution in [0.1, 0.15) is 25.3 Å². The molecule has 1 saturated heterocycles. The third-order valence-electron chi connectivity index (χ3n) is 4.35. The number of hydrogen-bond acceptors (Lipinski definition) is 3. The summed E-state index contributed by atoms with van der Waals surface area (Å²) >= 11 is 0. The summed E-state index contributed by atoms with van der Waals surface area (Å²) in [6.07, 6.45) is 3.81. The fraction of sp³-hybridized carbons (Fsp3) is 0.526. The molecular weight excluding hydrogens is 484 g/mol. The smallest absolute Gasteiger partial charge is 0.387 e. The van der Waals surface area contributed by atoms with Crippen molar-refractivity contribution < 1.29 is 17.9 Å². The molecule has 0 bridgehead atoms. The van der Waals surface area contributed by atoms with Crippen molar-refractivity contribution in [2.75, 3.05) is 26.2 Å². The van der Waals surface area contributed by atoms with Crippen molar-refractivity contribution in [2.45, 2.75) is 39.0 Å². The first-order valence-corrected chi connectivity index (χ1v) is 9.13. The minimum atomic E-state index is -3.01. The molecule has 2 N–H and O–H groups in total. The number of rotatable bonds is 8. The van der Waals surface area contributed by atoms with Crippen LogP contribution in [0.4, 0.5) is 13.2 Å². The highest BCUT2D eigenvalue weighted by Crippen LogP contribution is 2.24. The van der Waals surface area contributed by atoms with Gasteiger partial charge in [0.05, 0.1) is 12.1 Å². The number of piperidine rings is 1. The van der Waals surface area contributed by atoms with Crippen molar-refractivity contribution in [2.24, 2.45) is 4.99 Å². The Morgan fingerprint density at radius 2 is 2.11 bits per heavy atom. The molecule has 0 spiro atoms. The summed E-state index contributed by atoms with van der Waals surface area (Å²) < 4.78 is 43.5. The third-order valence-corrected chi connectivity index (χ3v) is 4.35. The van der Waals surface area contributed by atoms with Gasteiger partial charge in [0, 0.05) is 32.2 Å². The summed E-state index contributed by atoms with van der Waals surface area (Å²) in [7, 11) is 0. The lowest BCUT2D eigenvalue weighted by atomic mass is 10.1. The number of ether oxygens (including phenoxy) is 1. The Morgan fingerprint density at radius 1 is 1.39 bits per heavy atom. The van der Waals surface area contributed by atoms with Gasteiger partial charge in [-0.25, -0.2) is 9.38 Å². The summed E-state index contributed by atoms with van der Waals surface area (Å²) in [4.78, 5) is 6.68. The molecule has 0 aromatic heterocycles. The van der Waals surface area contributed by atoms with E-state index in [-0.39, 0.29) is 47.9 Å². The van der Waals surface area contributed by atoms with Crippen LogP contribution in [0.15, 0.2) is 35.8 Å². The Labute approximate surface area is 181 Å². The lowest BCUT2D eigenvalue weighted by Crippen LogP contribution is -2.48. The molecular formula is C19H28F3IN4O. The van der Waals surface area contributed by atoms with Crippen molar-refractivity contribution in [3.05, 3.63) is 42.2 Å². The highest BCUT2D eigenvalue weighted by atomic mass is 127. The molecule has 158 valence electrons. The number of hydrogen-bond donors (Lipinski definition) is 2. The van der Waals surface area contributed by atoms with Gasteiger partial charge in [0.1, 0.15) is 11.6 Å². The molecule has 1 aliphatic heterocycles. The monoisotopic (exact) mass is 512 g/mol. The van der Waals surface area contributed by atoms with Crippen molar-refractivity contribution >= 4 is 29.9 Å². The van der Waals surface area contributed by atoms with Crippen LogP contribution in [0, 0.1) is 5.82 Å². The molecule has 5 nitrogen and oxygen atoms in total. The molecule has 0 amide bonds. The maximum atomic E-state index is 14.1. The van der Waals surface area contributed by atoms with Crippen molar-refractivity contribution in [3.63, 3.8) is 0 Å². The summed E-state index contributed by atoms with van der Waals surface area (Å²) in [6, 6.07) is 4.11. The van der Waals surface area contributed by atoms with Crippen LogP contribution in [0.5, 0.6) is 5.75 Å². The van der Waals surface area contributed by atoms with Gasteiger partial charge in [-0.3, -0.25) is 4.90 Å². The number of likely N-dealkylation sites (tertiary alicyclic amines) is 1. The lowest BCUT2D eigenvalue weighted by Gasteiger charge is -2.32. The average Bonchev–Trinajstić information content (AvgIpc) is 2.62. The molecule has 0 radical (unpaired) electrons. The molecule has 1 aromatic rings. The summed E-state index contributed by atoms with van der Waals surface area (Å²) in [5.41, 5.74) is 0.0100. The molecule has 2 rings (SSSR count). The number of benzene rings is 1. The normalized spacial score (nSPS) is 15.8. The first kappa shape index (κ1) is 24.5. The molecule has 1 heterocycles. The minimum absolute atomic E-state index is 0. The molecule has 0 aliphatic carbocycles. The van der Waals surface area contributed by atoms with E-state index in [2.05, 4.69) is 31.8 Å². The molecule has 0 saturated carbocycles. The summed E-state index contributed by atoms with van der Waals surface area (Å²) in [5, 5.41) is 6.46. The Kier molecular flexibility index (Phi) is 11.3. The SMILES string of the molecule is C=CCN1CCC(NC(=NCc2c(F)cccc2OC(F)F)NCC)CC1.I. The van der Waals surface area contributed by atoms with E-state index in [0.717, 1.165) is 32.5 Å². The second-order valence-electron chi connectivity index (χ2n) is 6.30. The van der Waals surface area contributed by atoms with Crippen LogP contribution in [0.3, 0.4) is 0 Å². The van der Waals surface area contributed by atoms with E-state index >= 15 is 0 Å². The quantitative estimate of drug-likeness (QED) is 0.241. The van der Waals surface area contributed by atoms with Gasteiger partial charge in [-0.2, -0.15) is 8.78 Å². The first-order valence-electron chi connectivity index (χ1n) is 9.13. The molecule has 28 heavy (non-hydrogen) atoms. The molecule has 1 aromatic carbocycles. The minimum Gasteiger partial charge on any atom is -0.434 e. The Bertz CT molecular complexity index is 638. The van der Waals surface area contributed by atoms with Gasteiger partial charge in [0.15, 0.2) is 5.96 Å². The Balaban J connectivity index is 0.00000392. The average molecular weight is 512 g/mol. The predicted molar refractivity (Wildman–Crippen MR) is 116 cm³/mol. The van der Waals surface area contributed by atoms with Gasteiger partial charge in [0.25, 0.3) is 0 Å². The van der Waals surface area contributed by atoms with E-state index in [1.54, 1.807) is 0 Å². The van der Waals surface area contributed by atoms with Crippen LogP contribution >= 0.6 is 24.0 Å². The third kappa shape index (κ3) is 7.86. The Hall–Kier alpha value is -1.49. The number of guanidine groups is 1. The molecule has 0 unspecified atom stereocenters. The second kappa shape index (κ2) is 12.9. The maximum Gasteiger partial charge on any atom is 0.387 e. The highest BCUT2D eigenvalue weighted by Gasteiger charge is 2.19. The van der Waals surface area contributed by atoms with E-state index in [1.165, 1.54) is 18.2 Å². The van der Waals surface area contributed by atoms with E-state index in [4.69, 9.17) is 0 Å². The number of nitrogens with one attached hydrogen (secondary N) is 2. The maximum absolute atomic E-state index is 14.1. The van der Waals surface area contributed by atoms with Crippen LogP contribution < -0.4 is 15.4 Å². The number of aliphatic imine (C=N–C) groups is 1. The van der Waals surface area contributed by atoms with E-state index in [1.807, 2.05) is 13.0 Å². The fourth-order valence-electron chi connectivity index (χ4n) is 3.01. The lowest BCUT2D eigenvalue weighted by molar-refractivity contribution is -0.0506. The van der Waals surface area contributed by atoms with Crippen LogP contribution in [-0.2, 0) is 6.54 Å². The van der Waals surface area contributed by atoms with Crippen molar-refractivity contribution in [3.8, 4) is 5.75 Å². The van der Waals surface area contributed by atoms with Gasteiger partial charge in [-0.1, -0.05) is 12.1 Å². The van der Waals surface area contributed by atoms with E-state index in [0.29, 0.717) is 12.5 Å². The highest BCUT2D eigenvalue weighted by molar-refractivity contribution is 14.0. The molecule has 0 atom stereocenters. The fourth-order valence-corrected chi connectivity index (χ4v) is 3.01. The van der Waals surface area contributed by atoms with Gasteiger partial charge in [-0.15, -0.1) is 30.6 Å². The number of alkyl halides is 2. The van der Waals surface area contributed by atoms with Gasteiger partial charge in [0.2, 0.25) is 0 Å². The van der Waals surface area contributed by atoms with Gasteiger partial charge < -0.3 is 15.4 Å². The summed E-state index contributed by atoms with van der Waals surface area (Å²) in [6.45, 7) is 6.01. The largest absolute Gasteiger partial charge is 0.434 e. The Morgan fingerprint density at radius 3 is 2.71 bits per heavy atom.